The van der Waals surface area contributed by atoms with E-state index in [9.17, 15) is 5.11 Å². The Balaban J connectivity index is 1.62. The van der Waals surface area contributed by atoms with Crippen molar-refractivity contribution in [3.8, 4) is 5.88 Å². The molecule has 2 aliphatic carbocycles. The first kappa shape index (κ1) is 16.2. The summed E-state index contributed by atoms with van der Waals surface area (Å²) >= 11 is 1.77. The number of hydrogen-bond donors (Lipinski definition) is 2. The van der Waals surface area contributed by atoms with Gasteiger partial charge >= 0.3 is 0 Å². The van der Waals surface area contributed by atoms with Crippen LogP contribution in [-0.2, 0) is 6.42 Å². The molecule has 0 spiro atoms. The quantitative estimate of drug-likeness (QED) is 0.870. The first-order chi connectivity index (χ1) is 11.8. The summed E-state index contributed by atoms with van der Waals surface area (Å²) in [6.45, 7) is 0.235. The summed E-state index contributed by atoms with van der Waals surface area (Å²) in [5, 5.41) is 13.9. The van der Waals surface area contributed by atoms with Crippen molar-refractivity contribution in [3.63, 3.8) is 0 Å². The molecule has 0 radical (unpaired) electrons. The fourth-order valence-corrected chi connectivity index (χ4v) is 5.43. The maximum Gasteiger partial charge on any atom is 0.225 e. The summed E-state index contributed by atoms with van der Waals surface area (Å²) in [6, 6.07) is 0.620. The molecule has 0 aromatic carbocycles. The average molecular weight is 347 g/mol. The second-order valence-corrected chi connectivity index (χ2v) is 8.01. The van der Waals surface area contributed by atoms with Crippen molar-refractivity contribution in [2.45, 2.75) is 63.0 Å². The van der Waals surface area contributed by atoms with Crippen LogP contribution in [0.15, 0.2) is 6.33 Å². The number of aliphatic hydroxyl groups is 1. The van der Waals surface area contributed by atoms with Crippen molar-refractivity contribution in [2.75, 3.05) is 13.7 Å². The van der Waals surface area contributed by atoms with Crippen LogP contribution >= 0.6 is 11.3 Å². The van der Waals surface area contributed by atoms with Gasteiger partial charge < -0.3 is 15.2 Å². The predicted molar refractivity (Wildman–Crippen MR) is 95.9 cm³/mol. The van der Waals surface area contributed by atoms with E-state index in [1.807, 2.05) is 7.05 Å². The molecule has 4 rings (SSSR count). The molecule has 0 saturated heterocycles. The molecule has 1 atom stereocenters. The molecule has 0 bridgehead atoms. The minimum atomic E-state index is 0.235. The lowest BCUT2D eigenvalue weighted by Crippen LogP contribution is -2.34. The molecule has 130 valence electrons. The van der Waals surface area contributed by atoms with E-state index in [0.29, 0.717) is 12.0 Å². The fraction of sp³-hybridized carbons (Fsp3) is 0.667. The van der Waals surface area contributed by atoms with Gasteiger partial charge in [0.05, 0.1) is 5.39 Å². The van der Waals surface area contributed by atoms with Gasteiger partial charge in [0.1, 0.15) is 17.3 Å². The number of thiophene rings is 1. The molecular weight excluding hydrogens is 322 g/mol. The van der Waals surface area contributed by atoms with E-state index >= 15 is 0 Å². The summed E-state index contributed by atoms with van der Waals surface area (Å²) in [7, 11) is 2.04. The third kappa shape index (κ3) is 2.91. The Morgan fingerprint density at radius 2 is 2.08 bits per heavy atom. The zero-order valence-electron chi connectivity index (χ0n) is 14.1. The van der Waals surface area contributed by atoms with Crippen molar-refractivity contribution < 1.29 is 9.84 Å². The monoisotopic (exact) mass is 347 g/mol. The standard InChI is InChI=1S/C18H25N3O2S/c1-19-12-3-5-13(6-4-12)23-17-16-15-11(8-9-22)2-7-14(15)24-18(16)21-10-20-17/h10-13,19,22H,2-9H2,1H3/t11-,12?,13?/m0/s1. The van der Waals surface area contributed by atoms with E-state index in [2.05, 4.69) is 15.3 Å². The lowest BCUT2D eigenvalue weighted by Gasteiger charge is -2.28. The van der Waals surface area contributed by atoms with Gasteiger partial charge in [0.2, 0.25) is 5.88 Å². The molecule has 5 nitrogen and oxygen atoms in total. The summed E-state index contributed by atoms with van der Waals surface area (Å²) in [5.41, 5.74) is 1.35. The van der Waals surface area contributed by atoms with Crippen molar-refractivity contribution in [1.29, 1.82) is 0 Å². The predicted octanol–water partition coefficient (Wildman–Crippen LogP) is 3.01. The Morgan fingerprint density at radius 1 is 1.25 bits per heavy atom. The van der Waals surface area contributed by atoms with Crippen LogP contribution in [0.5, 0.6) is 5.88 Å². The number of hydrogen-bond acceptors (Lipinski definition) is 6. The van der Waals surface area contributed by atoms with Crippen LogP contribution in [0, 0.1) is 0 Å². The molecule has 0 amide bonds. The summed E-state index contributed by atoms with van der Waals surface area (Å²) in [4.78, 5) is 11.4. The third-order valence-corrected chi connectivity index (χ3v) is 6.71. The highest BCUT2D eigenvalue weighted by Gasteiger charge is 2.30. The van der Waals surface area contributed by atoms with Gasteiger partial charge in [0, 0.05) is 17.5 Å². The number of rotatable bonds is 5. The van der Waals surface area contributed by atoms with Crippen LogP contribution in [0.3, 0.4) is 0 Å². The normalized spacial score (nSPS) is 26.7. The zero-order valence-corrected chi connectivity index (χ0v) is 14.9. The third-order valence-electron chi connectivity index (χ3n) is 5.53. The van der Waals surface area contributed by atoms with Crippen molar-refractivity contribution >= 4 is 21.6 Å². The van der Waals surface area contributed by atoms with E-state index in [-0.39, 0.29) is 12.7 Å². The number of ether oxygens (including phenoxy) is 1. The van der Waals surface area contributed by atoms with Crippen molar-refractivity contribution in [3.05, 3.63) is 16.8 Å². The maximum atomic E-state index is 9.38. The van der Waals surface area contributed by atoms with Gasteiger partial charge in [-0.25, -0.2) is 9.97 Å². The van der Waals surface area contributed by atoms with E-state index in [4.69, 9.17) is 4.74 Å². The van der Waals surface area contributed by atoms with Gasteiger partial charge in [0.25, 0.3) is 0 Å². The number of aryl methyl sites for hydroxylation is 1. The van der Waals surface area contributed by atoms with E-state index in [0.717, 1.165) is 61.0 Å². The lowest BCUT2D eigenvalue weighted by atomic mass is 9.93. The highest BCUT2D eigenvalue weighted by Crippen LogP contribution is 2.47. The first-order valence-electron chi connectivity index (χ1n) is 9.01. The van der Waals surface area contributed by atoms with Gasteiger partial charge in [-0.15, -0.1) is 11.3 Å². The Bertz CT molecular complexity index is 710. The number of nitrogens with zero attached hydrogens (tertiary/aromatic N) is 2. The Hall–Kier alpha value is -1.24. The molecule has 0 aliphatic heterocycles. The Morgan fingerprint density at radius 3 is 2.83 bits per heavy atom. The minimum absolute atomic E-state index is 0.235. The van der Waals surface area contributed by atoms with Gasteiger partial charge in [-0.1, -0.05) is 0 Å². The molecule has 0 unspecified atom stereocenters. The van der Waals surface area contributed by atoms with E-state index in [1.165, 1.54) is 10.4 Å². The Labute approximate surface area is 146 Å². The average Bonchev–Trinajstić information content (AvgIpc) is 3.16. The SMILES string of the molecule is CNC1CCC(Oc2ncnc3sc4c(c23)[C@H](CCO)CC4)CC1. The van der Waals surface area contributed by atoms with Crippen molar-refractivity contribution in [2.24, 2.45) is 0 Å². The molecule has 2 aromatic heterocycles. The summed E-state index contributed by atoms with van der Waals surface area (Å²) < 4.78 is 6.34. The fourth-order valence-electron chi connectivity index (χ4n) is 4.20. The van der Waals surface area contributed by atoms with Gasteiger partial charge in [-0.05, 0) is 63.5 Å². The molecule has 1 saturated carbocycles. The van der Waals surface area contributed by atoms with Crippen LogP contribution in [0.2, 0.25) is 0 Å². The zero-order chi connectivity index (χ0) is 16.5. The topological polar surface area (TPSA) is 67.3 Å². The van der Waals surface area contributed by atoms with Gasteiger partial charge in [-0.3, -0.25) is 0 Å². The number of nitrogens with one attached hydrogen (secondary N) is 1. The van der Waals surface area contributed by atoms with Crippen LogP contribution in [0.1, 0.15) is 54.9 Å². The van der Waals surface area contributed by atoms with Crippen LogP contribution < -0.4 is 10.1 Å². The van der Waals surface area contributed by atoms with Gasteiger partial charge in [-0.2, -0.15) is 0 Å². The van der Waals surface area contributed by atoms with E-state index in [1.54, 1.807) is 17.7 Å². The maximum absolute atomic E-state index is 9.38. The molecule has 2 heterocycles. The number of aromatic nitrogens is 2. The van der Waals surface area contributed by atoms with Crippen LogP contribution in [0.25, 0.3) is 10.2 Å². The Kier molecular flexibility index (Phi) is 4.70. The highest BCUT2D eigenvalue weighted by molar-refractivity contribution is 7.19. The van der Waals surface area contributed by atoms with Crippen LogP contribution in [-0.4, -0.2) is 40.9 Å². The lowest BCUT2D eigenvalue weighted by molar-refractivity contribution is 0.137. The number of fused-ring (bicyclic) bond motifs is 3. The smallest absolute Gasteiger partial charge is 0.225 e. The molecule has 2 aliphatic rings. The highest BCUT2D eigenvalue weighted by atomic mass is 32.1. The number of aliphatic hydroxyl groups excluding tert-OH is 1. The summed E-state index contributed by atoms with van der Waals surface area (Å²) in [5.74, 6) is 1.18. The largest absolute Gasteiger partial charge is 0.474 e. The van der Waals surface area contributed by atoms with E-state index < -0.39 is 0 Å². The second kappa shape index (κ2) is 6.94. The summed E-state index contributed by atoms with van der Waals surface area (Å²) in [6.07, 6.45) is 9.37. The molecule has 6 heteroatoms. The van der Waals surface area contributed by atoms with Crippen LogP contribution in [0.4, 0.5) is 0 Å². The first-order valence-corrected chi connectivity index (χ1v) is 9.82. The molecule has 1 fully saturated rings. The molecule has 2 N–H and O–H groups in total. The second-order valence-electron chi connectivity index (χ2n) is 6.93. The molecule has 2 aromatic rings. The molecule has 24 heavy (non-hydrogen) atoms. The molecular formula is C18H25N3O2S. The van der Waals surface area contributed by atoms with Gasteiger partial charge in [0.15, 0.2) is 0 Å². The van der Waals surface area contributed by atoms with Crippen molar-refractivity contribution in [1.82, 2.24) is 15.3 Å². The minimum Gasteiger partial charge on any atom is -0.474 e.